The van der Waals surface area contributed by atoms with Gasteiger partial charge in [0.25, 0.3) is 11.8 Å². The van der Waals surface area contributed by atoms with Crippen molar-refractivity contribution in [2.24, 2.45) is 0 Å². The number of pyridine rings is 1. The Morgan fingerprint density at radius 2 is 1.90 bits per heavy atom. The highest BCUT2D eigenvalue weighted by Crippen LogP contribution is 2.36. The maximum Gasteiger partial charge on any atom is 0.262 e. The number of aromatic nitrogens is 1. The molecule has 1 aliphatic rings. The summed E-state index contributed by atoms with van der Waals surface area (Å²) in [5.74, 6) is 0.0414. The lowest BCUT2D eigenvalue weighted by Gasteiger charge is -2.34. The molecule has 0 aliphatic carbocycles. The molecule has 0 bridgehead atoms. The fourth-order valence-corrected chi connectivity index (χ4v) is 4.46. The quantitative estimate of drug-likeness (QED) is 0.532. The zero-order chi connectivity index (χ0) is 21.4. The van der Waals surface area contributed by atoms with E-state index in [4.69, 9.17) is 9.72 Å². The average Bonchev–Trinajstić information content (AvgIpc) is 3.37. The van der Waals surface area contributed by atoms with E-state index in [1.54, 1.807) is 29.4 Å². The van der Waals surface area contributed by atoms with Crippen molar-refractivity contribution >= 4 is 39.7 Å². The number of thiophene rings is 1. The SMILES string of the molecule is CNC(=O)C1CN(C(=O)c2cc(-c3cccs3)nc3ccccc23)c2ccccc2O1. The molecule has 1 unspecified atom stereocenters. The van der Waals surface area contributed by atoms with Crippen LogP contribution in [0.2, 0.25) is 0 Å². The summed E-state index contributed by atoms with van der Waals surface area (Å²) < 4.78 is 5.85. The Hall–Kier alpha value is -3.71. The molecule has 3 heterocycles. The van der Waals surface area contributed by atoms with Crippen LogP contribution in [0.4, 0.5) is 5.69 Å². The maximum absolute atomic E-state index is 13.9. The van der Waals surface area contributed by atoms with Crippen LogP contribution < -0.4 is 15.0 Å². The summed E-state index contributed by atoms with van der Waals surface area (Å²) in [6.45, 7) is 0.126. The van der Waals surface area contributed by atoms with Crippen LogP contribution in [0.25, 0.3) is 21.5 Å². The zero-order valence-corrected chi connectivity index (χ0v) is 17.6. The molecule has 0 radical (unpaired) electrons. The molecule has 0 saturated carbocycles. The summed E-state index contributed by atoms with van der Waals surface area (Å²) in [5.41, 5.74) is 2.69. The molecular weight excluding hydrogens is 410 g/mol. The van der Waals surface area contributed by atoms with Crippen LogP contribution in [0.1, 0.15) is 10.4 Å². The minimum absolute atomic E-state index is 0.126. The van der Waals surface area contributed by atoms with Crippen molar-refractivity contribution in [3.63, 3.8) is 0 Å². The predicted molar refractivity (Wildman–Crippen MR) is 122 cm³/mol. The number of carbonyl (C=O) groups excluding carboxylic acids is 2. The lowest BCUT2D eigenvalue weighted by Crippen LogP contribution is -2.50. The van der Waals surface area contributed by atoms with Gasteiger partial charge < -0.3 is 15.0 Å². The molecule has 2 aromatic heterocycles. The van der Waals surface area contributed by atoms with E-state index in [1.807, 2.05) is 66.0 Å². The van der Waals surface area contributed by atoms with Crippen molar-refractivity contribution in [1.29, 1.82) is 0 Å². The van der Waals surface area contributed by atoms with E-state index in [-0.39, 0.29) is 18.4 Å². The van der Waals surface area contributed by atoms with Crippen molar-refractivity contribution in [3.05, 3.63) is 77.7 Å². The van der Waals surface area contributed by atoms with Crippen LogP contribution in [-0.2, 0) is 4.79 Å². The number of anilines is 1. The second-order valence-corrected chi connectivity index (χ2v) is 8.10. The van der Waals surface area contributed by atoms with E-state index in [0.717, 1.165) is 21.5 Å². The first-order valence-corrected chi connectivity index (χ1v) is 10.8. The number of para-hydroxylation sites is 3. The number of carbonyl (C=O) groups is 2. The van der Waals surface area contributed by atoms with E-state index >= 15 is 0 Å². The molecule has 4 aromatic rings. The number of benzene rings is 2. The van der Waals surface area contributed by atoms with Gasteiger partial charge in [-0.15, -0.1) is 11.3 Å². The van der Waals surface area contributed by atoms with Crippen LogP contribution in [0.15, 0.2) is 72.1 Å². The first kappa shape index (κ1) is 19.3. The Morgan fingerprint density at radius 3 is 2.71 bits per heavy atom. The molecule has 1 aliphatic heterocycles. The molecule has 1 N–H and O–H groups in total. The summed E-state index contributed by atoms with van der Waals surface area (Å²) in [7, 11) is 1.56. The third kappa shape index (κ3) is 3.43. The number of nitrogens with zero attached hydrogens (tertiary/aromatic N) is 2. The number of fused-ring (bicyclic) bond motifs is 2. The van der Waals surface area contributed by atoms with E-state index in [1.165, 1.54) is 0 Å². The van der Waals surface area contributed by atoms with Crippen molar-refractivity contribution in [2.75, 3.05) is 18.5 Å². The lowest BCUT2D eigenvalue weighted by atomic mass is 10.0. The number of hydrogen-bond acceptors (Lipinski definition) is 5. The molecule has 0 saturated heterocycles. The third-order valence-electron chi connectivity index (χ3n) is 5.28. The van der Waals surface area contributed by atoms with Crippen LogP contribution in [0.3, 0.4) is 0 Å². The summed E-state index contributed by atoms with van der Waals surface area (Å²) in [4.78, 5) is 33.6. The Labute approximate surface area is 183 Å². The van der Waals surface area contributed by atoms with Crippen LogP contribution in [0, 0.1) is 0 Å². The van der Waals surface area contributed by atoms with Gasteiger partial charge in [-0.2, -0.15) is 0 Å². The van der Waals surface area contributed by atoms with E-state index < -0.39 is 6.10 Å². The molecule has 0 spiro atoms. The molecule has 7 heteroatoms. The number of rotatable bonds is 3. The molecular formula is C24H19N3O3S. The monoisotopic (exact) mass is 429 g/mol. The summed E-state index contributed by atoms with van der Waals surface area (Å²) >= 11 is 1.58. The van der Waals surface area contributed by atoms with Gasteiger partial charge in [-0.25, -0.2) is 4.98 Å². The fraction of sp³-hybridized carbons (Fsp3) is 0.125. The number of nitrogens with one attached hydrogen (secondary N) is 1. The van der Waals surface area contributed by atoms with Crippen LogP contribution in [-0.4, -0.2) is 36.5 Å². The van der Waals surface area contributed by atoms with Gasteiger partial charge in [-0.05, 0) is 35.7 Å². The largest absolute Gasteiger partial charge is 0.477 e. The van der Waals surface area contributed by atoms with Crippen molar-refractivity contribution in [1.82, 2.24) is 10.3 Å². The Morgan fingerprint density at radius 1 is 1.10 bits per heavy atom. The lowest BCUT2D eigenvalue weighted by molar-refractivity contribution is -0.127. The molecule has 6 nitrogen and oxygen atoms in total. The van der Waals surface area contributed by atoms with Gasteiger partial charge in [0.2, 0.25) is 0 Å². The number of hydrogen-bond donors (Lipinski definition) is 1. The van der Waals surface area contributed by atoms with Gasteiger partial charge in [0.15, 0.2) is 6.10 Å². The van der Waals surface area contributed by atoms with Gasteiger partial charge in [0.1, 0.15) is 5.75 Å². The average molecular weight is 430 g/mol. The number of ether oxygens (including phenoxy) is 1. The zero-order valence-electron chi connectivity index (χ0n) is 16.7. The van der Waals surface area contributed by atoms with Crippen LogP contribution >= 0.6 is 11.3 Å². The summed E-state index contributed by atoms with van der Waals surface area (Å²) in [5, 5.41) is 5.37. The highest BCUT2D eigenvalue weighted by atomic mass is 32.1. The molecule has 2 aromatic carbocycles. The topological polar surface area (TPSA) is 71.5 Å². The Kier molecular flexibility index (Phi) is 4.88. The second-order valence-electron chi connectivity index (χ2n) is 7.15. The first-order chi connectivity index (χ1) is 15.2. The van der Waals surface area contributed by atoms with Gasteiger partial charge in [0, 0.05) is 12.4 Å². The van der Waals surface area contributed by atoms with Crippen molar-refractivity contribution in [3.8, 4) is 16.3 Å². The van der Waals surface area contributed by atoms with Crippen molar-refractivity contribution in [2.45, 2.75) is 6.10 Å². The molecule has 31 heavy (non-hydrogen) atoms. The van der Waals surface area contributed by atoms with E-state index in [2.05, 4.69) is 5.32 Å². The maximum atomic E-state index is 13.9. The summed E-state index contributed by atoms with van der Waals surface area (Å²) in [6, 6.07) is 20.7. The minimum atomic E-state index is -0.784. The van der Waals surface area contributed by atoms with Gasteiger partial charge in [0.05, 0.1) is 33.9 Å². The van der Waals surface area contributed by atoms with Crippen molar-refractivity contribution < 1.29 is 14.3 Å². The van der Waals surface area contributed by atoms with Gasteiger partial charge in [-0.1, -0.05) is 36.4 Å². The Bertz CT molecular complexity index is 1290. The minimum Gasteiger partial charge on any atom is -0.477 e. The van der Waals surface area contributed by atoms with Gasteiger partial charge >= 0.3 is 0 Å². The highest BCUT2D eigenvalue weighted by Gasteiger charge is 2.34. The Balaban J connectivity index is 1.65. The molecule has 5 rings (SSSR count). The fourth-order valence-electron chi connectivity index (χ4n) is 3.77. The standard InChI is InChI=1S/C24H19N3O3S/c1-25-23(28)21-14-27(19-9-4-5-10-20(19)30-21)24(29)16-13-18(22-11-6-12-31-22)26-17-8-3-2-7-15(16)17/h2-13,21H,14H2,1H3,(H,25,28). The molecule has 1 atom stereocenters. The predicted octanol–water partition coefficient (Wildman–Crippen LogP) is 4.12. The normalized spacial score (nSPS) is 15.3. The van der Waals surface area contributed by atoms with Crippen LogP contribution in [0.5, 0.6) is 5.75 Å². The third-order valence-corrected chi connectivity index (χ3v) is 6.17. The smallest absolute Gasteiger partial charge is 0.262 e. The first-order valence-electron chi connectivity index (χ1n) is 9.88. The van der Waals surface area contributed by atoms with E-state index in [0.29, 0.717) is 17.0 Å². The second kappa shape index (κ2) is 7.85. The van der Waals surface area contributed by atoms with E-state index in [9.17, 15) is 9.59 Å². The highest BCUT2D eigenvalue weighted by molar-refractivity contribution is 7.13. The number of amides is 2. The summed E-state index contributed by atoms with van der Waals surface area (Å²) in [6.07, 6.45) is -0.784. The molecule has 154 valence electrons. The number of likely N-dealkylation sites (N-methyl/N-ethyl adjacent to an activating group) is 1. The molecule has 0 fully saturated rings. The molecule has 2 amide bonds. The van der Waals surface area contributed by atoms with Gasteiger partial charge in [-0.3, -0.25) is 9.59 Å².